The number of aromatic nitrogens is 1. The van der Waals surface area contributed by atoms with Crippen LogP contribution in [0.3, 0.4) is 0 Å². The minimum Gasteiger partial charge on any atom is -0.493 e. The van der Waals surface area contributed by atoms with Crippen LogP contribution < -0.4 is 21.9 Å². The zero-order valence-corrected chi connectivity index (χ0v) is 23.8. The molecule has 1 aromatic heterocycles. The molecule has 41 heavy (non-hydrogen) atoms. The highest BCUT2D eigenvalue weighted by molar-refractivity contribution is 5.95. The number of nitrogens with zero attached hydrogens (tertiary/aromatic N) is 2. The second kappa shape index (κ2) is 9.22. The van der Waals surface area contributed by atoms with Crippen LogP contribution >= 0.6 is 0 Å². The Balaban J connectivity index is 1.32. The molecule has 4 aliphatic rings. The molecule has 9 nitrogen and oxygen atoms in total. The van der Waals surface area contributed by atoms with Gasteiger partial charge in [-0.25, -0.2) is 4.79 Å². The van der Waals surface area contributed by atoms with E-state index in [1.807, 2.05) is 12.1 Å². The van der Waals surface area contributed by atoms with Crippen LogP contribution in [0.1, 0.15) is 78.7 Å². The van der Waals surface area contributed by atoms with Gasteiger partial charge >= 0.3 is 6.09 Å². The fourth-order valence-electron chi connectivity index (χ4n) is 7.71. The molecule has 1 saturated heterocycles. The summed E-state index contributed by atoms with van der Waals surface area (Å²) >= 11 is 0. The lowest BCUT2D eigenvalue weighted by Crippen LogP contribution is -2.54. The van der Waals surface area contributed by atoms with Crippen molar-refractivity contribution in [1.82, 2.24) is 9.47 Å². The zero-order valence-electron chi connectivity index (χ0n) is 23.8. The third-order valence-electron chi connectivity index (χ3n) is 9.76. The maximum Gasteiger partial charge on any atom is 0.404 e. The van der Waals surface area contributed by atoms with Crippen molar-refractivity contribution in [1.29, 1.82) is 0 Å². The molecule has 3 aromatic rings. The second-order valence-electron chi connectivity index (χ2n) is 13.2. The molecule has 2 unspecified atom stereocenters. The number of amides is 2. The van der Waals surface area contributed by atoms with E-state index in [9.17, 15) is 9.59 Å². The van der Waals surface area contributed by atoms with E-state index < -0.39 is 23.8 Å². The van der Waals surface area contributed by atoms with Crippen molar-refractivity contribution in [2.75, 3.05) is 19.7 Å². The number of likely N-dealkylation sites (tertiary alicyclic amines) is 1. The Morgan fingerprint density at radius 2 is 1.90 bits per heavy atom. The normalized spacial score (nSPS) is 28.3. The SMILES string of the molecule is CC1(C)COc2cc(C(=O)N3CCC[C@@H](OC(N)=O)C3)cc3c2C1[C@@](N)(c1cc2ccccc2n1CC1CC1)C3N. The lowest BCUT2D eigenvalue weighted by atomic mass is 9.65. The third kappa shape index (κ3) is 4.12. The number of hydrogen-bond donors (Lipinski definition) is 3. The fourth-order valence-corrected chi connectivity index (χ4v) is 7.71. The summed E-state index contributed by atoms with van der Waals surface area (Å²) < 4.78 is 14.0. The van der Waals surface area contributed by atoms with Crippen LogP contribution in [-0.2, 0) is 16.8 Å². The van der Waals surface area contributed by atoms with E-state index in [1.54, 1.807) is 4.90 Å². The number of nitrogens with two attached hydrogens (primary N) is 3. The van der Waals surface area contributed by atoms with Gasteiger partial charge in [-0.2, -0.15) is 0 Å². The van der Waals surface area contributed by atoms with Gasteiger partial charge in [-0.05, 0) is 66.8 Å². The summed E-state index contributed by atoms with van der Waals surface area (Å²) in [4.78, 5) is 26.8. The number of ether oxygens (including phenoxy) is 2. The molecule has 6 N–H and O–H groups in total. The fraction of sp³-hybridized carbons (Fsp3) is 0.500. The number of para-hydroxylation sites is 1. The molecule has 9 heteroatoms. The second-order valence-corrected chi connectivity index (χ2v) is 13.2. The summed E-state index contributed by atoms with van der Waals surface area (Å²) in [6, 6.07) is 13.9. The Morgan fingerprint density at radius 3 is 2.66 bits per heavy atom. The average Bonchev–Trinajstić information content (AvgIpc) is 3.64. The van der Waals surface area contributed by atoms with Gasteiger partial charge in [0, 0.05) is 46.8 Å². The summed E-state index contributed by atoms with van der Waals surface area (Å²) in [5.41, 5.74) is 23.5. The Hall–Kier alpha value is -3.56. The Labute approximate surface area is 239 Å². The van der Waals surface area contributed by atoms with E-state index in [2.05, 4.69) is 48.7 Å². The quantitative estimate of drug-likeness (QED) is 0.431. The van der Waals surface area contributed by atoms with Gasteiger partial charge in [0.2, 0.25) is 0 Å². The van der Waals surface area contributed by atoms with Gasteiger partial charge in [0.05, 0.1) is 24.7 Å². The highest BCUT2D eigenvalue weighted by Crippen LogP contribution is 2.63. The number of benzene rings is 2. The molecule has 2 amide bonds. The summed E-state index contributed by atoms with van der Waals surface area (Å²) in [5.74, 6) is 1.10. The van der Waals surface area contributed by atoms with Crippen molar-refractivity contribution < 1.29 is 19.1 Å². The molecule has 3 heterocycles. The van der Waals surface area contributed by atoms with Crippen LogP contribution in [0, 0.1) is 11.3 Å². The Morgan fingerprint density at radius 1 is 1.12 bits per heavy atom. The van der Waals surface area contributed by atoms with Gasteiger partial charge in [-0.1, -0.05) is 32.0 Å². The molecule has 7 rings (SSSR count). The van der Waals surface area contributed by atoms with Gasteiger partial charge in [-0.15, -0.1) is 0 Å². The van der Waals surface area contributed by atoms with E-state index in [0.29, 0.717) is 43.3 Å². The summed E-state index contributed by atoms with van der Waals surface area (Å²) in [6.07, 6.45) is 2.64. The smallest absolute Gasteiger partial charge is 0.404 e. The molecule has 0 bridgehead atoms. The van der Waals surface area contributed by atoms with E-state index in [4.69, 9.17) is 26.7 Å². The van der Waals surface area contributed by atoms with Gasteiger partial charge in [0.15, 0.2) is 0 Å². The Bertz CT molecular complexity index is 1560. The van der Waals surface area contributed by atoms with E-state index in [0.717, 1.165) is 35.2 Å². The third-order valence-corrected chi connectivity index (χ3v) is 9.76. The standard InChI is InChI=1S/C32H39N5O4/c1-31(2)17-40-24-13-20(29(38)36-11-5-7-21(16-36)41-30(34)39)12-22-26(24)27(31)32(35,28(22)33)25-14-19-6-3-4-8-23(19)37(25)15-18-9-10-18/h3-4,6,8,12-14,18,21,27-28H,5,7,9-11,15-17,33,35H2,1-2H3,(H2,34,39)/t21-,27?,28?,32+/m1/s1. The van der Waals surface area contributed by atoms with Gasteiger partial charge in [0.25, 0.3) is 5.91 Å². The van der Waals surface area contributed by atoms with E-state index in [1.165, 1.54) is 18.4 Å². The first-order chi connectivity index (χ1) is 19.6. The van der Waals surface area contributed by atoms with Crippen LogP contribution in [0.2, 0.25) is 0 Å². The topological polar surface area (TPSA) is 139 Å². The maximum atomic E-state index is 13.8. The summed E-state index contributed by atoms with van der Waals surface area (Å²) in [5, 5.41) is 1.16. The minimum absolute atomic E-state index is 0.0986. The molecule has 1 saturated carbocycles. The molecule has 216 valence electrons. The maximum absolute atomic E-state index is 13.8. The predicted molar refractivity (Wildman–Crippen MR) is 156 cm³/mol. The molecule has 0 spiro atoms. The monoisotopic (exact) mass is 557 g/mol. The van der Waals surface area contributed by atoms with Crippen LogP contribution in [0.5, 0.6) is 5.75 Å². The number of carbonyl (C=O) groups excluding carboxylic acids is 2. The molecular weight excluding hydrogens is 518 g/mol. The number of rotatable bonds is 5. The number of primary amides is 1. The highest BCUT2D eigenvalue weighted by atomic mass is 16.6. The van der Waals surface area contributed by atoms with E-state index >= 15 is 0 Å². The minimum atomic E-state index is -0.897. The average molecular weight is 558 g/mol. The van der Waals surface area contributed by atoms with Crippen LogP contribution in [0.4, 0.5) is 4.79 Å². The highest BCUT2D eigenvalue weighted by Gasteiger charge is 2.60. The van der Waals surface area contributed by atoms with Crippen molar-refractivity contribution in [3.63, 3.8) is 0 Å². The van der Waals surface area contributed by atoms with Crippen LogP contribution in [0.25, 0.3) is 10.9 Å². The first kappa shape index (κ1) is 26.3. The lowest BCUT2D eigenvalue weighted by Gasteiger charge is -2.46. The summed E-state index contributed by atoms with van der Waals surface area (Å²) in [7, 11) is 0. The molecule has 2 aliphatic heterocycles. The summed E-state index contributed by atoms with van der Waals surface area (Å²) in [6.45, 7) is 6.67. The van der Waals surface area contributed by atoms with Crippen LogP contribution in [0.15, 0.2) is 42.5 Å². The van der Waals surface area contributed by atoms with Crippen molar-refractivity contribution in [3.8, 4) is 5.75 Å². The lowest BCUT2D eigenvalue weighted by molar-refractivity contribution is 0.0372. The predicted octanol–water partition coefficient (Wildman–Crippen LogP) is 4.12. The number of fused-ring (bicyclic) bond motifs is 1. The zero-order chi connectivity index (χ0) is 28.7. The van der Waals surface area contributed by atoms with Gasteiger partial charge in [0.1, 0.15) is 11.9 Å². The van der Waals surface area contributed by atoms with Gasteiger partial charge in [-0.3, -0.25) is 4.79 Å². The number of piperidine rings is 1. The van der Waals surface area contributed by atoms with Gasteiger partial charge < -0.3 is 36.1 Å². The van der Waals surface area contributed by atoms with Crippen molar-refractivity contribution in [3.05, 3.63) is 64.8 Å². The van der Waals surface area contributed by atoms with Crippen molar-refractivity contribution in [2.45, 2.75) is 69.7 Å². The van der Waals surface area contributed by atoms with Crippen molar-refractivity contribution >= 4 is 22.9 Å². The first-order valence-electron chi connectivity index (χ1n) is 14.8. The van der Waals surface area contributed by atoms with Crippen LogP contribution in [-0.4, -0.2) is 47.3 Å². The molecular formula is C32H39N5O4. The number of carbonyl (C=O) groups is 2. The van der Waals surface area contributed by atoms with E-state index in [-0.39, 0.29) is 17.2 Å². The molecule has 2 aromatic carbocycles. The first-order valence-corrected chi connectivity index (χ1v) is 14.8. The number of hydrogen-bond acceptors (Lipinski definition) is 6. The molecule has 2 fully saturated rings. The largest absolute Gasteiger partial charge is 0.493 e. The molecule has 0 radical (unpaired) electrons. The Kier molecular flexibility index (Phi) is 5.93. The molecule has 2 aliphatic carbocycles. The molecule has 4 atom stereocenters. The van der Waals surface area contributed by atoms with Crippen molar-refractivity contribution in [2.24, 2.45) is 28.5 Å².